The molecule has 0 aliphatic rings. The number of nitrogens with zero attached hydrogens (tertiary/aromatic N) is 1. The smallest absolute Gasteiger partial charge is 0.320 e. The van der Waals surface area contributed by atoms with Gasteiger partial charge in [0.2, 0.25) is 5.91 Å². The van der Waals surface area contributed by atoms with Crippen LogP contribution in [0.3, 0.4) is 0 Å². The molecule has 0 saturated carbocycles. The number of benzene rings is 1. The Hall–Kier alpha value is -1.88. The number of amides is 1. The highest BCUT2D eigenvalue weighted by atomic mass is 16.4. The van der Waals surface area contributed by atoms with Crippen molar-refractivity contribution >= 4 is 17.6 Å². The van der Waals surface area contributed by atoms with Crippen molar-refractivity contribution in [1.29, 1.82) is 0 Å². The summed E-state index contributed by atoms with van der Waals surface area (Å²) in [5.74, 6) is -1.01. The number of carboxylic acid groups (broad SMARTS) is 1. The Morgan fingerprint density at radius 1 is 1.33 bits per heavy atom. The van der Waals surface area contributed by atoms with Crippen LogP contribution in [0.4, 0.5) is 5.69 Å². The lowest BCUT2D eigenvalue weighted by Crippen LogP contribution is -2.37. The summed E-state index contributed by atoms with van der Waals surface area (Å²) in [6.45, 7) is 2.00. The summed E-state index contributed by atoms with van der Waals surface area (Å²) in [6.07, 6.45) is 0.267. The summed E-state index contributed by atoms with van der Waals surface area (Å²) in [4.78, 5) is 24.0. The zero-order valence-corrected chi connectivity index (χ0v) is 10.6. The second-order valence-electron chi connectivity index (χ2n) is 4.16. The molecular weight excluding hydrogens is 232 g/mol. The zero-order valence-electron chi connectivity index (χ0n) is 10.6. The minimum Gasteiger partial charge on any atom is -0.480 e. The average Bonchev–Trinajstić information content (AvgIpc) is 2.36. The van der Waals surface area contributed by atoms with Gasteiger partial charge in [-0.3, -0.25) is 14.5 Å². The van der Waals surface area contributed by atoms with Crippen LogP contribution in [0.1, 0.15) is 13.3 Å². The van der Waals surface area contributed by atoms with Crippen molar-refractivity contribution in [3.05, 3.63) is 30.3 Å². The molecule has 0 bridgehead atoms. The van der Waals surface area contributed by atoms with Gasteiger partial charge in [0.1, 0.15) is 6.04 Å². The Morgan fingerprint density at radius 3 is 2.50 bits per heavy atom. The molecule has 0 aromatic heterocycles. The number of rotatable bonds is 6. The van der Waals surface area contributed by atoms with Gasteiger partial charge in [0.25, 0.3) is 0 Å². The molecule has 0 heterocycles. The summed E-state index contributed by atoms with van der Waals surface area (Å²) >= 11 is 0. The van der Waals surface area contributed by atoms with Crippen LogP contribution in [-0.2, 0) is 9.59 Å². The lowest BCUT2D eigenvalue weighted by atomic mass is 10.2. The van der Waals surface area contributed by atoms with Gasteiger partial charge in [-0.1, -0.05) is 18.2 Å². The third-order valence-corrected chi connectivity index (χ3v) is 2.77. The van der Waals surface area contributed by atoms with Crippen LogP contribution in [0, 0.1) is 0 Å². The van der Waals surface area contributed by atoms with Gasteiger partial charge in [0.05, 0.1) is 0 Å². The van der Waals surface area contributed by atoms with Crippen LogP contribution >= 0.6 is 0 Å². The van der Waals surface area contributed by atoms with Crippen LogP contribution in [0.5, 0.6) is 0 Å². The third-order valence-electron chi connectivity index (χ3n) is 2.77. The zero-order chi connectivity index (χ0) is 13.5. The molecule has 1 rings (SSSR count). The SMILES string of the molecule is CC(C(=O)O)N(C)CCC(=O)Nc1ccccc1. The highest BCUT2D eigenvalue weighted by Gasteiger charge is 2.17. The molecule has 0 spiro atoms. The number of hydrogen-bond acceptors (Lipinski definition) is 3. The van der Waals surface area contributed by atoms with Crippen molar-refractivity contribution in [1.82, 2.24) is 4.90 Å². The molecule has 0 saturated heterocycles. The molecule has 0 fully saturated rings. The molecule has 1 unspecified atom stereocenters. The van der Waals surface area contributed by atoms with Crippen molar-refractivity contribution in [3.63, 3.8) is 0 Å². The van der Waals surface area contributed by atoms with E-state index in [0.717, 1.165) is 5.69 Å². The Morgan fingerprint density at radius 2 is 1.94 bits per heavy atom. The maximum absolute atomic E-state index is 11.6. The van der Waals surface area contributed by atoms with E-state index in [2.05, 4.69) is 5.32 Å². The third kappa shape index (κ3) is 4.55. The topological polar surface area (TPSA) is 69.6 Å². The molecular formula is C13H18N2O3. The Bertz CT molecular complexity index is 406. The van der Waals surface area contributed by atoms with Crippen LogP contribution < -0.4 is 5.32 Å². The van der Waals surface area contributed by atoms with Gasteiger partial charge in [-0.05, 0) is 26.1 Å². The van der Waals surface area contributed by atoms with Crippen molar-refractivity contribution < 1.29 is 14.7 Å². The lowest BCUT2D eigenvalue weighted by Gasteiger charge is -2.20. The van der Waals surface area contributed by atoms with Gasteiger partial charge in [-0.15, -0.1) is 0 Å². The number of aliphatic carboxylic acids is 1. The Labute approximate surface area is 106 Å². The number of hydrogen-bond donors (Lipinski definition) is 2. The summed E-state index contributed by atoms with van der Waals surface area (Å²) in [6, 6.07) is 8.58. The minimum absolute atomic E-state index is 0.120. The number of carbonyl (C=O) groups is 2. The fourth-order valence-corrected chi connectivity index (χ4v) is 1.41. The summed E-state index contributed by atoms with van der Waals surface area (Å²) in [5.41, 5.74) is 0.747. The Kier molecular flexibility index (Phi) is 5.32. The summed E-state index contributed by atoms with van der Waals surface area (Å²) < 4.78 is 0. The highest BCUT2D eigenvalue weighted by molar-refractivity contribution is 5.90. The summed E-state index contributed by atoms with van der Waals surface area (Å²) in [7, 11) is 1.69. The van der Waals surface area contributed by atoms with Crippen molar-refractivity contribution in [3.8, 4) is 0 Å². The van der Waals surface area contributed by atoms with E-state index in [0.29, 0.717) is 6.54 Å². The van der Waals surface area contributed by atoms with E-state index in [9.17, 15) is 9.59 Å². The second-order valence-corrected chi connectivity index (χ2v) is 4.16. The molecule has 0 aliphatic carbocycles. The predicted molar refractivity (Wildman–Crippen MR) is 69.4 cm³/mol. The van der Waals surface area contributed by atoms with Gasteiger partial charge in [-0.2, -0.15) is 0 Å². The molecule has 1 atom stereocenters. The minimum atomic E-state index is -0.888. The quantitative estimate of drug-likeness (QED) is 0.801. The van der Waals surface area contributed by atoms with Gasteiger partial charge < -0.3 is 10.4 Å². The van der Waals surface area contributed by atoms with E-state index in [4.69, 9.17) is 5.11 Å². The fraction of sp³-hybridized carbons (Fsp3) is 0.385. The van der Waals surface area contributed by atoms with E-state index in [1.54, 1.807) is 18.9 Å². The normalized spacial score (nSPS) is 12.2. The van der Waals surface area contributed by atoms with Gasteiger partial charge in [0, 0.05) is 18.7 Å². The fourth-order valence-electron chi connectivity index (χ4n) is 1.41. The molecule has 1 aromatic rings. The van der Waals surface area contributed by atoms with E-state index in [-0.39, 0.29) is 12.3 Å². The van der Waals surface area contributed by atoms with Crippen LogP contribution in [0.15, 0.2) is 30.3 Å². The maximum Gasteiger partial charge on any atom is 0.320 e. The number of para-hydroxylation sites is 1. The molecule has 1 amide bonds. The predicted octanol–water partition coefficient (Wildman–Crippen LogP) is 1.42. The number of anilines is 1. The van der Waals surface area contributed by atoms with Gasteiger partial charge >= 0.3 is 5.97 Å². The molecule has 2 N–H and O–H groups in total. The molecule has 0 aliphatic heterocycles. The van der Waals surface area contributed by atoms with Gasteiger partial charge in [-0.25, -0.2) is 0 Å². The largest absolute Gasteiger partial charge is 0.480 e. The number of carbonyl (C=O) groups excluding carboxylic acids is 1. The first-order valence-corrected chi connectivity index (χ1v) is 5.78. The van der Waals surface area contributed by atoms with Crippen LogP contribution in [0.2, 0.25) is 0 Å². The second kappa shape index (κ2) is 6.76. The molecule has 18 heavy (non-hydrogen) atoms. The van der Waals surface area contributed by atoms with Crippen molar-refractivity contribution in [2.75, 3.05) is 18.9 Å². The first kappa shape index (κ1) is 14.2. The molecule has 1 aromatic carbocycles. The summed E-state index contributed by atoms with van der Waals surface area (Å²) in [5, 5.41) is 11.6. The lowest BCUT2D eigenvalue weighted by molar-refractivity contribution is -0.142. The van der Waals surface area contributed by atoms with E-state index < -0.39 is 12.0 Å². The first-order chi connectivity index (χ1) is 8.50. The molecule has 98 valence electrons. The number of nitrogens with one attached hydrogen (secondary N) is 1. The average molecular weight is 250 g/mol. The monoisotopic (exact) mass is 250 g/mol. The highest BCUT2D eigenvalue weighted by Crippen LogP contribution is 2.06. The molecule has 5 nitrogen and oxygen atoms in total. The Balaban J connectivity index is 2.36. The van der Waals surface area contributed by atoms with Gasteiger partial charge in [0.15, 0.2) is 0 Å². The first-order valence-electron chi connectivity index (χ1n) is 5.78. The number of carboxylic acids is 1. The maximum atomic E-state index is 11.6. The van der Waals surface area contributed by atoms with E-state index >= 15 is 0 Å². The number of likely N-dealkylation sites (N-methyl/N-ethyl adjacent to an activating group) is 1. The molecule has 5 heteroatoms. The van der Waals surface area contributed by atoms with E-state index in [1.807, 2.05) is 30.3 Å². The van der Waals surface area contributed by atoms with Crippen LogP contribution in [-0.4, -0.2) is 41.5 Å². The van der Waals surface area contributed by atoms with E-state index in [1.165, 1.54) is 0 Å². The van der Waals surface area contributed by atoms with Crippen LogP contribution in [0.25, 0.3) is 0 Å². The molecule has 0 radical (unpaired) electrons. The van der Waals surface area contributed by atoms with Crippen molar-refractivity contribution in [2.45, 2.75) is 19.4 Å². The van der Waals surface area contributed by atoms with Crippen molar-refractivity contribution in [2.24, 2.45) is 0 Å². The standard InChI is InChI=1S/C13H18N2O3/c1-10(13(17)18)15(2)9-8-12(16)14-11-6-4-3-5-7-11/h3-7,10H,8-9H2,1-2H3,(H,14,16)(H,17,18).